The number of benzene rings is 1. The molecule has 0 unspecified atom stereocenters. The number of hydrogen-bond acceptors (Lipinski definition) is 3. The molecule has 0 aliphatic carbocycles. The molecule has 19 heavy (non-hydrogen) atoms. The summed E-state index contributed by atoms with van der Waals surface area (Å²) >= 11 is 5.00. The Morgan fingerprint density at radius 3 is 2.84 bits per heavy atom. The van der Waals surface area contributed by atoms with Gasteiger partial charge in [-0.2, -0.15) is 0 Å². The predicted molar refractivity (Wildman–Crippen MR) is 79.0 cm³/mol. The number of nitrogens with zero attached hydrogens (tertiary/aromatic N) is 3. The van der Waals surface area contributed by atoms with Crippen molar-refractivity contribution in [1.82, 2.24) is 14.5 Å². The van der Waals surface area contributed by atoms with Crippen molar-refractivity contribution in [3.63, 3.8) is 0 Å². The average Bonchev–Trinajstić information content (AvgIpc) is 2.87. The second-order valence-electron chi connectivity index (χ2n) is 4.23. The number of fused-ring (bicyclic) bond motifs is 1. The van der Waals surface area contributed by atoms with Gasteiger partial charge in [0, 0.05) is 30.5 Å². The SMILES string of the molecule is NC(=S)c1nccn1Cc1ccnc2ccccc12. The Morgan fingerprint density at radius 2 is 2.00 bits per heavy atom. The first-order valence-corrected chi connectivity index (χ1v) is 6.30. The molecule has 0 saturated carbocycles. The standard InChI is InChI=1S/C14H12N4S/c15-13(19)14-17-7-8-18(14)9-10-5-6-16-12-4-2-1-3-11(10)12/h1-8H,9H2,(H2,15,19). The van der Waals surface area contributed by atoms with Crippen LogP contribution in [0.5, 0.6) is 0 Å². The third-order valence-corrected chi connectivity index (χ3v) is 3.20. The molecule has 5 heteroatoms. The lowest BCUT2D eigenvalue weighted by Gasteiger charge is -2.09. The monoisotopic (exact) mass is 268 g/mol. The van der Waals surface area contributed by atoms with Crippen molar-refractivity contribution in [3.05, 3.63) is 60.3 Å². The highest BCUT2D eigenvalue weighted by atomic mass is 32.1. The zero-order chi connectivity index (χ0) is 13.2. The number of hydrogen-bond donors (Lipinski definition) is 1. The molecule has 0 amide bonds. The lowest BCUT2D eigenvalue weighted by Crippen LogP contribution is -2.17. The van der Waals surface area contributed by atoms with E-state index < -0.39 is 0 Å². The van der Waals surface area contributed by atoms with Crippen LogP contribution in [0.2, 0.25) is 0 Å². The van der Waals surface area contributed by atoms with Gasteiger partial charge in [-0.3, -0.25) is 4.98 Å². The Kier molecular flexibility index (Phi) is 2.97. The summed E-state index contributed by atoms with van der Waals surface area (Å²) < 4.78 is 1.95. The van der Waals surface area contributed by atoms with Gasteiger partial charge in [0.05, 0.1) is 5.52 Å². The minimum atomic E-state index is 0.309. The van der Waals surface area contributed by atoms with E-state index in [0.29, 0.717) is 17.4 Å². The number of nitrogens with two attached hydrogens (primary N) is 1. The summed E-state index contributed by atoms with van der Waals surface area (Å²) in [5, 5.41) is 1.13. The molecule has 94 valence electrons. The van der Waals surface area contributed by atoms with Crippen molar-refractivity contribution < 1.29 is 0 Å². The molecule has 0 aliphatic rings. The zero-order valence-corrected chi connectivity index (χ0v) is 11.0. The third-order valence-electron chi connectivity index (χ3n) is 3.02. The van der Waals surface area contributed by atoms with Gasteiger partial charge in [-0.1, -0.05) is 30.4 Å². The molecule has 3 rings (SSSR count). The van der Waals surface area contributed by atoms with Crippen molar-refractivity contribution in [3.8, 4) is 0 Å². The van der Waals surface area contributed by atoms with Crippen LogP contribution in [0.15, 0.2) is 48.9 Å². The lowest BCUT2D eigenvalue weighted by molar-refractivity contribution is 0.792. The Labute approximate surface area is 115 Å². The van der Waals surface area contributed by atoms with Crippen LogP contribution in [-0.4, -0.2) is 19.5 Å². The molecule has 2 aromatic heterocycles. The minimum absolute atomic E-state index is 0.309. The maximum atomic E-state index is 5.66. The number of thiocarbonyl (C=S) groups is 1. The van der Waals surface area contributed by atoms with Crippen LogP contribution >= 0.6 is 12.2 Å². The molecule has 0 bridgehead atoms. The summed E-state index contributed by atoms with van der Waals surface area (Å²) in [6.07, 6.45) is 5.40. The molecule has 0 saturated heterocycles. The number of pyridine rings is 1. The van der Waals surface area contributed by atoms with Crippen molar-refractivity contribution in [2.75, 3.05) is 0 Å². The van der Waals surface area contributed by atoms with Crippen LogP contribution in [0.3, 0.4) is 0 Å². The average molecular weight is 268 g/mol. The first kappa shape index (κ1) is 11.8. The van der Waals surface area contributed by atoms with E-state index in [-0.39, 0.29) is 0 Å². The predicted octanol–water partition coefficient (Wildman–Crippen LogP) is 2.11. The largest absolute Gasteiger partial charge is 0.387 e. The molecular weight excluding hydrogens is 256 g/mol. The van der Waals surface area contributed by atoms with E-state index in [0.717, 1.165) is 10.9 Å². The minimum Gasteiger partial charge on any atom is -0.387 e. The Morgan fingerprint density at radius 1 is 1.16 bits per heavy atom. The molecule has 0 radical (unpaired) electrons. The van der Waals surface area contributed by atoms with E-state index in [9.17, 15) is 0 Å². The summed E-state index contributed by atoms with van der Waals surface area (Å²) in [5.74, 6) is 0.635. The summed E-state index contributed by atoms with van der Waals surface area (Å²) in [6.45, 7) is 0.676. The highest BCUT2D eigenvalue weighted by molar-refractivity contribution is 7.80. The lowest BCUT2D eigenvalue weighted by atomic mass is 10.1. The highest BCUT2D eigenvalue weighted by Crippen LogP contribution is 2.17. The van der Waals surface area contributed by atoms with Gasteiger partial charge < -0.3 is 10.3 Å². The summed E-state index contributed by atoms with van der Waals surface area (Å²) in [6, 6.07) is 10.1. The fraction of sp³-hybridized carbons (Fsp3) is 0.0714. The van der Waals surface area contributed by atoms with Gasteiger partial charge in [0.15, 0.2) is 5.82 Å². The van der Waals surface area contributed by atoms with E-state index in [1.54, 1.807) is 6.20 Å². The maximum absolute atomic E-state index is 5.66. The quantitative estimate of drug-likeness (QED) is 0.739. The van der Waals surface area contributed by atoms with Crippen molar-refractivity contribution in [2.24, 2.45) is 5.73 Å². The van der Waals surface area contributed by atoms with Gasteiger partial charge in [0.25, 0.3) is 0 Å². The molecular formula is C14H12N4S. The third kappa shape index (κ3) is 2.20. The fourth-order valence-corrected chi connectivity index (χ4v) is 2.31. The second kappa shape index (κ2) is 4.78. The van der Waals surface area contributed by atoms with Gasteiger partial charge in [0.1, 0.15) is 4.99 Å². The Bertz CT molecular complexity index is 743. The van der Waals surface area contributed by atoms with E-state index in [2.05, 4.69) is 16.0 Å². The summed E-state index contributed by atoms with van der Waals surface area (Å²) in [7, 11) is 0. The first-order valence-electron chi connectivity index (χ1n) is 5.89. The Balaban J connectivity index is 2.06. The van der Waals surface area contributed by atoms with E-state index in [1.807, 2.05) is 41.2 Å². The molecule has 0 spiro atoms. The van der Waals surface area contributed by atoms with Gasteiger partial charge in [0.2, 0.25) is 0 Å². The maximum Gasteiger partial charge on any atom is 0.167 e. The van der Waals surface area contributed by atoms with Crippen LogP contribution in [-0.2, 0) is 6.54 Å². The fourth-order valence-electron chi connectivity index (χ4n) is 2.14. The number of imidazole rings is 1. The van der Waals surface area contributed by atoms with Gasteiger partial charge >= 0.3 is 0 Å². The van der Waals surface area contributed by atoms with Crippen LogP contribution < -0.4 is 5.73 Å². The second-order valence-corrected chi connectivity index (χ2v) is 4.67. The molecule has 1 aromatic carbocycles. The topological polar surface area (TPSA) is 56.7 Å². The smallest absolute Gasteiger partial charge is 0.167 e. The molecule has 0 fully saturated rings. The van der Waals surface area contributed by atoms with Crippen LogP contribution in [0.4, 0.5) is 0 Å². The number of para-hydroxylation sites is 1. The highest BCUT2D eigenvalue weighted by Gasteiger charge is 2.08. The molecule has 4 nitrogen and oxygen atoms in total. The molecule has 3 aromatic rings. The first-order chi connectivity index (χ1) is 9.25. The van der Waals surface area contributed by atoms with E-state index in [1.165, 1.54) is 5.56 Å². The summed E-state index contributed by atoms with van der Waals surface area (Å²) in [4.78, 5) is 8.84. The summed E-state index contributed by atoms with van der Waals surface area (Å²) in [5.41, 5.74) is 7.81. The van der Waals surface area contributed by atoms with Crippen LogP contribution in [0.25, 0.3) is 10.9 Å². The van der Waals surface area contributed by atoms with Gasteiger partial charge in [-0.25, -0.2) is 4.98 Å². The van der Waals surface area contributed by atoms with Crippen molar-refractivity contribution in [1.29, 1.82) is 0 Å². The molecule has 0 aliphatic heterocycles. The molecule has 0 atom stereocenters. The van der Waals surface area contributed by atoms with Crippen molar-refractivity contribution in [2.45, 2.75) is 6.54 Å². The Hall–Kier alpha value is -2.27. The van der Waals surface area contributed by atoms with E-state index in [4.69, 9.17) is 18.0 Å². The normalized spacial score (nSPS) is 10.7. The zero-order valence-electron chi connectivity index (χ0n) is 10.2. The number of rotatable bonds is 3. The van der Waals surface area contributed by atoms with Crippen LogP contribution in [0.1, 0.15) is 11.4 Å². The molecule has 2 N–H and O–H groups in total. The number of aromatic nitrogens is 3. The van der Waals surface area contributed by atoms with Crippen molar-refractivity contribution >= 4 is 28.1 Å². The van der Waals surface area contributed by atoms with Gasteiger partial charge in [-0.15, -0.1) is 0 Å². The van der Waals surface area contributed by atoms with E-state index >= 15 is 0 Å². The van der Waals surface area contributed by atoms with Crippen LogP contribution in [0, 0.1) is 0 Å². The molecule has 2 heterocycles. The van der Waals surface area contributed by atoms with Gasteiger partial charge in [-0.05, 0) is 17.7 Å².